The maximum absolute atomic E-state index is 11.5. The summed E-state index contributed by atoms with van der Waals surface area (Å²) in [6, 6.07) is 7.82. The average Bonchev–Trinajstić information content (AvgIpc) is 2.41. The van der Waals surface area contributed by atoms with Crippen LogP contribution in [0.2, 0.25) is 0 Å². The van der Waals surface area contributed by atoms with E-state index in [2.05, 4.69) is 19.2 Å². The lowest BCUT2D eigenvalue weighted by atomic mass is 10.2. The Bertz CT molecular complexity index is 397. The number of nitrogens with one attached hydrogen (secondary N) is 1. The van der Waals surface area contributed by atoms with Gasteiger partial charge in [-0.2, -0.15) is 0 Å². The van der Waals surface area contributed by atoms with Crippen molar-refractivity contribution >= 4 is 18.3 Å². The minimum absolute atomic E-state index is 0. The Labute approximate surface area is 127 Å². The molecule has 0 aliphatic rings. The number of halogens is 1. The first-order chi connectivity index (χ1) is 9.11. The molecule has 20 heavy (non-hydrogen) atoms. The second-order valence-electron chi connectivity index (χ2n) is 5.02. The molecular formula is C15H25ClN2O2. The Morgan fingerprint density at radius 1 is 1.40 bits per heavy atom. The summed E-state index contributed by atoms with van der Waals surface area (Å²) in [6.45, 7) is 6.00. The maximum Gasteiger partial charge on any atom is 0.220 e. The zero-order valence-electron chi connectivity index (χ0n) is 12.2. The van der Waals surface area contributed by atoms with Crippen molar-refractivity contribution in [2.45, 2.75) is 33.2 Å². The van der Waals surface area contributed by atoms with Gasteiger partial charge in [-0.05, 0) is 36.6 Å². The van der Waals surface area contributed by atoms with Crippen LogP contribution in [-0.2, 0) is 11.3 Å². The highest BCUT2D eigenvalue weighted by atomic mass is 35.5. The topological polar surface area (TPSA) is 64.3 Å². The van der Waals surface area contributed by atoms with E-state index >= 15 is 0 Å². The first kappa shape index (κ1) is 18.7. The Hall–Kier alpha value is -1.26. The van der Waals surface area contributed by atoms with Crippen molar-refractivity contribution in [3.05, 3.63) is 29.8 Å². The average molecular weight is 301 g/mol. The number of hydrogen-bond donors (Lipinski definition) is 2. The number of benzene rings is 1. The van der Waals surface area contributed by atoms with E-state index in [9.17, 15) is 4.79 Å². The number of hydrogen-bond acceptors (Lipinski definition) is 3. The molecule has 0 fully saturated rings. The Morgan fingerprint density at radius 3 is 2.80 bits per heavy atom. The highest BCUT2D eigenvalue weighted by molar-refractivity contribution is 5.85. The molecule has 1 amide bonds. The van der Waals surface area contributed by atoms with Gasteiger partial charge in [-0.3, -0.25) is 4.79 Å². The predicted octanol–water partition coefficient (Wildman–Crippen LogP) is 2.50. The molecule has 1 aromatic rings. The van der Waals surface area contributed by atoms with Gasteiger partial charge in [-0.25, -0.2) is 0 Å². The second kappa shape index (κ2) is 10.5. The zero-order valence-corrected chi connectivity index (χ0v) is 13.0. The Balaban J connectivity index is 0.00000361. The van der Waals surface area contributed by atoms with E-state index < -0.39 is 0 Å². The maximum atomic E-state index is 11.5. The molecule has 0 aliphatic heterocycles. The van der Waals surface area contributed by atoms with Crippen LogP contribution in [0.25, 0.3) is 0 Å². The molecule has 0 unspecified atom stereocenters. The molecule has 3 N–H and O–H groups in total. The lowest BCUT2D eigenvalue weighted by Gasteiger charge is -2.10. The van der Waals surface area contributed by atoms with Crippen molar-refractivity contribution in [1.29, 1.82) is 0 Å². The fourth-order valence-corrected chi connectivity index (χ4v) is 1.56. The van der Waals surface area contributed by atoms with Crippen molar-refractivity contribution in [3.63, 3.8) is 0 Å². The van der Waals surface area contributed by atoms with Crippen LogP contribution in [0.3, 0.4) is 0 Å². The van der Waals surface area contributed by atoms with E-state index in [0.29, 0.717) is 32.0 Å². The summed E-state index contributed by atoms with van der Waals surface area (Å²) >= 11 is 0. The van der Waals surface area contributed by atoms with Gasteiger partial charge in [0.2, 0.25) is 5.91 Å². The lowest BCUT2D eigenvalue weighted by molar-refractivity contribution is -0.121. The van der Waals surface area contributed by atoms with Crippen molar-refractivity contribution in [2.24, 2.45) is 11.7 Å². The van der Waals surface area contributed by atoms with Gasteiger partial charge >= 0.3 is 0 Å². The smallest absolute Gasteiger partial charge is 0.220 e. The van der Waals surface area contributed by atoms with E-state index in [4.69, 9.17) is 10.5 Å². The number of carbonyl (C=O) groups excluding carboxylic acids is 1. The van der Waals surface area contributed by atoms with Crippen LogP contribution < -0.4 is 15.8 Å². The van der Waals surface area contributed by atoms with Crippen molar-refractivity contribution in [3.8, 4) is 5.75 Å². The summed E-state index contributed by atoms with van der Waals surface area (Å²) in [6.07, 6.45) is 1.21. The monoisotopic (exact) mass is 300 g/mol. The first-order valence-electron chi connectivity index (χ1n) is 6.80. The van der Waals surface area contributed by atoms with Gasteiger partial charge < -0.3 is 15.8 Å². The van der Waals surface area contributed by atoms with Crippen LogP contribution in [0.4, 0.5) is 0 Å². The zero-order chi connectivity index (χ0) is 14.1. The summed E-state index contributed by atoms with van der Waals surface area (Å²) in [5.41, 5.74) is 6.41. The molecule has 0 aliphatic carbocycles. The van der Waals surface area contributed by atoms with Crippen LogP contribution in [0.1, 0.15) is 32.3 Å². The van der Waals surface area contributed by atoms with Gasteiger partial charge in [0.1, 0.15) is 5.75 Å². The SMILES string of the molecule is CC(C)COc1cccc(CNC(=O)CCCN)c1.Cl. The second-order valence-corrected chi connectivity index (χ2v) is 5.02. The van der Waals surface area contributed by atoms with E-state index in [1.165, 1.54) is 0 Å². The molecule has 114 valence electrons. The van der Waals surface area contributed by atoms with Gasteiger partial charge in [0, 0.05) is 13.0 Å². The molecule has 1 aromatic carbocycles. The normalized spacial score (nSPS) is 10.0. The van der Waals surface area contributed by atoms with E-state index in [0.717, 1.165) is 17.7 Å². The molecule has 4 nitrogen and oxygen atoms in total. The molecule has 0 radical (unpaired) electrons. The molecule has 0 atom stereocenters. The number of amides is 1. The molecular weight excluding hydrogens is 276 g/mol. The van der Waals surface area contributed by atoms with Gasteiger partial charge in [0.25, 0.3) is 0 Å². The fourth-order valence-electron chi connectivity index (χ4n) is 1.56. The van der Waals surface area contributed by atoms with Gasteiger partial charge in [-0.1, -0.05) is 26.0 Å². The Kier molecular flexibility index (Phi) is 9.86. The standard InChI is InChI=1S/C15H24N2O2.ClH/c1-12(2)11-19-14-6-3-5-13(9-14)10-17-15(18)7-4-8-16;/h3,5-6,9,12H,4,7-8,10-11,16H2,1-2H3,(H,17,18);1H. The molecule has 5 heteroatoms. The van der Waals surface area contributed by atoms with E-state index in [1.54, 1.807) is 0 Å². The van der Waals surface area contributed by atoms with Gasteiger partial charge in [-0.15, -0.1) is 12.4 Å². The van der Waals surface area contributed by atoms with Crippen LogP contribution in [-0.4, -0.2) is 19.1 Å². The van der Waals surface area contributed by atoms with Crippen LogP contribution >= 0.6 is 12.4 Å². The lowest BCUT2D eigenvalue weighted by Crippen LogP contribution is -2.23. The number of ether oxygens (including phenoxy) is 1. The summed E-state index contributed by atoms with van der Waals surface area (Å²) in [5.74, 6) is 1.39. The Morgan fingerprint density at radius 2 is 2.15 bits per heavy atom. The third-order valence-electron chi connectivity index (χ3n) is 2.58. The van der Waals surface area contributed by atoms with Crippen LogP contribution in [0.15, 0.2) is 24.3 Å². The van der Waals surface area contributed by atoms with Gasteiger partial charge in [0.05, 0.1) is 6.61 Å². The van der Waals surface area contributed by atoms with Crippen molar-refractivity contribution in [2.75, 3.05) is 13.2 Å². The van der Waals surface area contributed by atoms with Gasteiger partial charge in [0.15, 0.2) is 0 Å². The number of nitrogens with two attached hydrogens (primary N) is 1. The van der Waals surface area contributed by atoms with E-state index in [-0.39, 0.29) is 18.3 Å². The molecule has 1 rings (SSSR count). The number of carbonyl (C=O) groups is 1. The number of rotatable bonds is 8. The van der Waals surface area contributed by atoms with Crippen LogP contribution in [0, 0.1) is 5.92 Å². The third-order valence-corrected chi connectivity index (χ3v) is 2.58. The molecule has 0 spiro atoms. The quantitative estimate of drug-likeness (QED) is 0.775. The van der Waals surface area contributed by atoms with Crippen LogP contribution in [0.5, 0.6) is 5.75 Å². The van der Waals surface area contributed by atoms with Crippen molar-refractivity contribution < 1.29 is 9.53 Å². The molecule has 0 saturated carbocycles. The minimum atomic E-state index is 0. The van der Waals surface area contributed by atoms with Crippen molar-refractivity contribution in [1.82, 2.24) is 5.32 Å². The summed E-state index contributed by atoms with van der Waals surface area (Å²) in [4.78, 5) is 11.5. The highest BCUT2D eigenvalue weighted by Crippen LogP contribution is 2.14. The van der Waals surface area contributed by atoms with E-state index in [1.807, 2.05) is 24.3 Å². The summed E-state index contributed by atoms with van der Waals surface area (Å²) in [7, 11) is 0. The molecule has 0 bridgehead atoms. The fraction of sp³-hybridized carbons (Fsp3) is 0.533. The predicted molar refractivity (Wildman–Crippen MR) is 84.2 cm³/mol. The highest BCUT2D eigenvalue weighted by Gasteiger charge is 2.02. The molecule has 0 aromatic heterocycles. The molecule has 0 heterocycles. The summed E-state index contributed by atoms with van der Waals surface area (Å²) in [5, 5.41) is 2.88. The molecule has 0 saturated heterocycles. The summed E-state index contributed by atoms with van der Waals surface area (Å²) < 4.78 is 5.65. The third kappa shape index (κ3) is 8.02. The minimum Gasteiger partial charge on any atom is -0.493 e. The first-order valence-corrected chi connectivity index (χ1v) is 6.80. The largest absolute Gasteiger partial charge is 0.493 e.